The molecule has 0 fully saturated rings. The fourth-order valence-electron chi connectivity index (χ4n) is 1.72. The van der Waals surface area contributed by atoms with E-state index in [0.717, 1.165) is 11.5 Å². The zero-order valence-corrected chi connectivity index (χ0v) is 10.2. The highest BCUT2D eigenvalue weighted by molar-refractivity contribution is 7.07. The molecule has 5 heteroatoms. The summed E-state index contributed by atoms with van der Waals surface area (Å²) in [4.78, 5) is 4.48. The van der Waals surface area contributed by atoms with Gasteiger partial charge in [0.25, 0.3) is 0 Å². The topological polar surface area (TPSA) is 42.2 Å². The van der Waals surface area contributed by atoms with Gasteiger partial charge in [0.2, 0.25) is 0 Å². The van der Waals surface area contributed by atoms with Gasteiger partial charge in [0.1, 0.15) is 5.82 Å². The van der Waals surface area contributed by atoms with E-state index in [1.165, 1.54) is 5.56 Å². The van der Waals surface area contributed by atoms with E-state index in [-0.39, 0.29) is 6.04 Å². The highest BCUT2D eigenvalue weighted by Gasteiger charge is 2.06. The molecule has 0 radical (unpaired) electrons. The minimum Gasteiger partial charge on any atom is -0.363 e. The molecule has 17 heavy (non-hydrogen) atoms. The second-order valence-corrected chi connectivity index (χ2v) is 4.65. The van der Waals surface area contributed by atoms with Crippen molar-refractivity contribution in [3.8, 4) is 0 Å². The van der Waals surface area contributed by atoms with E-state index in [2.05, 4.69) is 39.1 Å². The standard InChI is InChI=1S/C12H12N4S/c1-9(10-4-7-17-8-10)14-11-3-6-16-12(15-11)2-5-13-16/h2-9H,1H3,(H,14,15). The summed E-state index contributed by atoms with van der Waals surface area (Å²) in [7, 11) is 0. The van der Waals surface area contributed by atoms with Crippen LogP contribution in [0.3, 0.4) is 0 Å². The second kappa shape index (κ2) is 4.18. The molecule has 0 aliphatic heterocycles. The normalized spacial score (nSPS) is 12.8. The SMILES string of the molecule is CC(Nc1ccn2nccc2n1)c1ccsc1. The Bertz CT molecular complexity index is 614. The monoisotopic (exact) mass is 244 g/mol. The predicted octanol–water partition coefficient (Wildman–Crippen LogP) is 2.96. The molecule has 3 aromatic rings. The summed E-state index contributed by atoms with van der Waals surface area (Å²) in [6, 6.07) is 6.21. The third-order valence-electron chi connectivity index (χ3n) is 2.67. The van der Waals surface area contributed by atoms with E-state index in [0.29, 0.717) is 0 Å². The molecule has 0 aliphatic rings. The maximum Gasteiger partial charge on any atom is 0.157 e. The highest BCUT2D eigenvalue weighted by atomic mass is 32.1. The number of nitrogens with zero attached hydrogens (tertiary/aromatic N) is 3. The van der Waals surface area contributed by atoms with Gasteiger partial charge in [0.05, 0.1) is 12.2 Å². The summed E-state index contributed by atoms with van der Waals surface area (Å²) in [5, 5.41) is 11.7. The molecule has 4 nitrogen and oxygen atoms in total. The Hall–Kier alpha value is -1.88. The first-order valence-corrected chi connectivity index (χ1v) is 6.36. The largest absolute Gasteiger partial charge is 0.363 e. The van der Waals surface area contributed by atoms with Gasteiger partial charge in [-0.25, -0.2) is 9.50 Å². The first-order valence-electron chi connectivity index (χ1n) is 5.42. The minimum atomic E-state index is 0.263. The molecule has 0 saturated carbocycles. The first kappa shape index (κ1) is 10.3. The zero-order valence-electron chi connectivity index (χ0n) is 9.37. The van der Waals surface area contributed by atoms with E-state index < -0.39 is 0 Å². The van der Waals surface area contributed by atoms with Crippen LogP contribution in [0.25, 0.3) is 5.65 Å². The molecule has 1 atom stereocenters. The summed E-state index contributed by atoms with van der Waals surface area (Å²) < 4.78 is 1.75. The smallest absolute Gasteiger partial charge is 0.157 e. The van der Waals surface area contributed by atoms with Crippen LogP contribution in [0, 0.1) is 0 Å². The third kappa shape index (κ3) is 2.01. The molecular formula is C12H12N4S. The van der Waals surface area contributed by atoms with Crippen LogP contribution in [0.2, 0.25) is 0 Å². The van der Waals surface area contributed by atoms with Gasteiger partial charge in [-0.2, -0.15) is 16.4 Å². The molecule has 1 N–H and O–H groups in total. The van der Waals surface area contributed by atoms with Crippen molar-refractivity contribution in [1.82, 2.24) is 14.6 Å². The summed E-state index contributed by atoms with van der Waals surface area (Å²) >= 11 is 1.71. The van der Waals surface area contributed by atoms with Crippen LogP contribution >= 0.6 is 11.3 Å². The Kier molecular flexibility index (Phi) is 2.53. The lowest BCUT2D eigenvalue weighted by molar-refractivity contribution is 0.871. The number of nitrogens with one attached hydrogen (secondary N) is 1. The molecule has 0 spiro atoms. The fraction of sp³-hybridized carbons (Fsp3) is 0.167. The Morgan fingerprint density at radius 2 is 2.29 bits per heavy atom. The number of anilines is 1. The molecule has 1 unspecified atom stereocenters. The number of hydrogen-bond donors (Lipinski definition) is 1. The van der Waals surface area contributed by atoms with Crippen molar-refractivity contribution in [2.75, 3.05) is 5.32 Å². The van der Waals surface area contributed by atoms with Gasteiger partial charge in [-0.15, -0.1) is 0 Å². The van der Waals surface area contributed by atoms with Crippen molar-refractivity contribution in [3.63, 3.8) is 0 Å². The van der Waals surface area contributed by atoms with Crippen molar-refractivity contribution < 1.29 is 0 Å². The molecular weight excluding hydrogens is 232 g/mol. The molecule has 0 bridgehead atoms. The Morgan fingerprint density at radius 1 is 1.35 bits per heavy atom. The van der Waals surface area contributed by atoms with Crippen molar-refractivity contribution in [1.29, 1.82) is 0 Å². The second-order valence-electron chi connectivity index (χ2n) is 3.87. The van der Waals surface area contributed by atoms with Gasteiger partial charge in [0.15, 0.2) is 5.65 Å². The number of rotatable bonds is 3. The van der Waals surface area contributed by atoms with Gasteiger partial charge in [-0.05, 0) is 35.4 Å². The van der Waals surface area contributed by atoms with Crippen LogP contribution in [-0.2, 0) is 0 Å². The van der Waals surface area contributed by atoms with E-state index in [1.54, 1.807) is 22.0 Å². The van der Waals surface area contributed by atoms with Crippen LogP contribution < -0.4 is 5.32 Å². The van der Waals surface area contributed by atoms with Crippen molar-refractivity contribution in [3.05, 3.63) is 46.9 Å². The molecule has 0 aliphatic carbocycles. The van der Waals surface area contributed by atoms with Gasteiger partial charge < -0.3 is 5.32 Å². The summed E-state index contributed by atoms with van der Waals surface area (Å²) in [5.41, 5.74) is 2.14. The van der Waals surface area contributed by atoms with Crippen molar-refractivity contribution >= 4 is 22.8 Å². The lowest BCUT2D eigenvalue weighted by Crippen LogP contribution is -2.07. The van der Waals surface area contributed by atoms with E-state index in [9.17, 15) is 0 Å². The van der Waals surface area contributed by atoms with Crippen LogP contribution in [0.15, 0.2) is 41.4 Å². The van der Waals surface area contributed by atoms with E-state index in [4.69, 9.17) is 0 Å². The van der Waals surface area contributed by atoms with Gasteiger partial charge >= 0.3 is 0 Å². The molecule has 0 saturated heterocycles. The third-order valence-corrected chi connectivity index (χ3v) is 3.37. The zero-order chi connectivity index (χ0) is 11.7. The predicted molar refractivity (Wildman–Crippen MR) is 69.3 cm³/mol. The molecule has 3 heterocycles. The number of thiophene rings is 1. The average Bonchev–Trinajstić information content (AvgIpc) is 2.99. The molecule has 0 aromatic carbocycles. The van der Waals surface area contributed by atoms with Crippen LogP contribution in [0.4, 0.5) is 5.82 Å². The number of fused-ring (bicyclic) bond motifs is 1. The fourth-order valence-corrected chi connectivity index (χ4v) is 2.47. The summed E-state index contributed by atoms with van der Waals surface area (Å²) in [6.07, 6.45) is 3.65. The highest BCUT2D eigenvalue weighted by Crippen LogP contribution is 2.20. The molecule has 3 rings (SSSR count). The van der Waals surface area contributed by atoms with Crippen LogP contribution in [0.5, 0.6) is 0 Å². The minimum absolute atomic E-state index is 0.263. The summed E-state index contributed by atoms with van der Waals surface area (Å²) in [5.74, 6) is 0.872. The average molecular weight is 244 g/mol. The first-order chi connectivity index (χ1) is 8.33. The van der Waals surface area contributed by atoms with E-state index in [1.807, 2.05) is 18.3 Å². The lowest BCUT2D eigenvalue weighted by Gasteiger charge is -2.13. The Balaban J connectivity index is 1.84. The van der Waals surface area contributed by atoms with Gasteiger partial charge in [0, 0.05) is 12.3 Å². The van der Waals surface area contributed by atoms with Crippen LogP contribution in [-0.4, -0.2) is 14.6 Å². The van der Waals surface area contributed by atoms with E-state index >= 15 is 0 Å². The summed E-state index contributed by atoms with van der Waals surface area (Å²) in [6.45, 7) is 2.13. The Morgan fingerprint density at radius 3 is 3.12 bits per heavy atom. The maximum absolute atomic E-state index is 4.48. The lowest BCUT2D eigenvalue weighted by atomic mass is 10.2. The quantitative estimate of drug-likeness (QED) is 0.770. The van der Waals surface area contributed by atoms with Gasteiger partial charge in [-0.3, -0.25) is 0 Å². The van der Waals surface area contributed by atoms with Gasteiger partial charge in [-0.1, -0.05) is 0 Å². The molecule has 0 amide bonds. The molecule has 3 aromatic heterocycles. The number of hydrogen-bond acceptors (Lipinski definition) is 4. The Labute approximate surface area is 103 Å². The maximum atomic E-state index is 4.48. The van der Waals surface area contributed by atoms with Crippen molar-refractivity contribution in [2.45, 2.75) is 13.0 Å². The molecule has 86 valence electrons. The van der Waals surface area contributed by atoms with Crippen LogP contribution in [0.1, 0.15) is 18.5 Å². The van der Waals surface area contributed by atoms with Crippen molar-refractivity contribution in [2.24, 2.45) is 0 Å². The number of aromatic nitrogens is 3.